The first-order valence-electron chi connectivity index (χ1n) is 9.01. The van der Waals surface area contributed by atoms with Crippen molar-refractivity contribution >= 4 is 6.03 Å². The minimum Gasteiger partial charge on any atom is -0.492 e. The molecule has 1 aliphatic rings. The summed E-state index contributed by atoms with van der Waals surface area (Å²) in [6.45, 7) is 2.50. The number of amides is 2. The van der Waals surface area contributed by atoms with Gasteiger partial charge in [0.15, 0.2) is 0 Å². The molecule has 1 fully saturated rings. The number of aromatic nitrogens is 1. The lowest BCUT2D eigenvalue weighted by Crippen LogP contribution is -2.44. The Hall–Kier alpha value is -2.63. The van der Waals surface area contributed by atoms with Crippen LogP contribution in [0, 0.1) is 11.7 Å². The van der Waals surface area contributed by atoms with E-state index in [0.29, 0.717) is 19.1 Å². The van der Waals surface area contributed by atoms with Crippen molar-refractivity contribution in [2.24, 2.45) is 5.92 Å². The van der Waals surface area contributed by atoms with Gasteiger partial charge in [0.25, 0.3) is 0 Å². The van der Waals surface area contributed by atoms with Gasteiger partial charge in [0.1, 0.15) is 11.6 Å². The second-order valence-corrected chi connectivity index (χ2v) is 6.54. The highest BCUT2D eigenvalue weighted by Crippen LogP contribution is 2.21. The molecule has 138 valence electrons. The molecule has 0 saturated carbocycles. The molecule has 1 aromatic carbocycles. The average molecular weight is 357 g/mol. The predicted octanol–water partition coefficient (Wildman–Crippen LogP) is 3.61. The maximum Gasteiger partial charge on any atom is 0.317 e. The Morgan fingerprint density at radius 2 is 2.12 bits per heavy atom. The summed E-state index contributed by atoms with van der Waals surface area (Å²) in [5.41, 5.74) is 0.765. The first kappa shape index (κ1) is 18.2. The third-order valence-corrected chi connectivity index (χ3v) is 4.66. The number of likely N-dealkylation sites (tertiary alicyclic amines) is 1. The highest BCUT2D eigenvalue weighted by atomic mass is 19.1. The van der Waals surface area contributed by atoms with Crippen LogP contribution in [0.25, 0.3) is 0 Å². The maximum absolute atomic E-state index is 13.2. The van der Waals surface area contributed by atoms with E-state index in [1.807, 2.05) is 17.0 Å². The van der Waals surface area contributed by atoms with E-state index in [-0.39, 0.29) is 11.8 Å². The highest BCUT2D eigenvalue weighted by molar-refractivity contribution is 5.74. The predicted molar refractivity (Wildman–Crippen MR) is 97.3 cm³/mol. The van der Waals surface area contributed by atoms with Crippen molar-refractivity contribution in [3.05, 3.63) is 60.2 Å². The number of hydrogen-bond donors (Lipinski definition) is 1. The van der Waals surface area contributed by atoms with Crippen LogP contribution in [0.4, 0.5) is 9.18 Å². The van der Waals surface area contributed by atoms with Gasteiger partial charge in [-0.05, 0) is 55.0 Å². The van der Waals surface area contributed by atoms with Gasteiger partial charge in [0, 0.05) is 25.8 Å². The molecule has 5 nitrogen and oxygen atoms in total. The molecule has 0 aliphatic carbocycles. The van der Waals surface area contributed by atoms with Crippen molar-refractivity contribution in [1.82, 2.24) is 15.2 Å². The van der Waals surface area contributed by atoms with Gasteiger partial charge in [-0.25, -0.2) is 9.18 Å². The van der Waals surface area contributed by atoms with Crippen molar-refractivity contribution in [2.45, 2.75) is 25.8 Å². The van der Waals surface area contributed by atoms with Crippen LogP contribution in [0.5, 0.6) is 5.75 Å². The zero-order chi connectivity index (χ0) is 18.2. The van der Waals surface area contributed by atoms with Crippen LogP contribution < -0.4 is 10.1 Å². The fraction of sp³-hybridized carbons (Fsp3) is 0.400. The molecule has 3 rings (SSSR count). The average Bonchev–Trinajstić information content (AvgIpc) is 2.68. The van der Waals surface area contributed by atoms with E-state index in [4.69, 9.17) is 4.74 Å². The molecule has 6 heteroatoms. The second kappa shape index (κ2) is 9.17. The molecule has 0 unspecified atom stereocenters. The maximum atomic E-state index is 13.2. The minimum absolute atomic E-state index is 0.0840. The van der Waals surface area contributed by atoms with Gasteiger partial charge in [-0.1, -0.05) is 12.1 Å². The zero-order valence-electron chi connectivity index (χ0n) is 14.7. The van der Waals surface area contributed by atoms with Gasteiger partial charge in [-0.3, -0.25) is 4.98 Å². The fourth-order valence-corrected chi connectivity index (χ4v) is 3.14. The van der Waals surface area contributed by atoms with E-state index < -0.39 is 0 Å². The smallest absolute Gasteiger partial charge is 0.317 e. The van der Waals surface area contributed by atoms with Crippen LogP contribution in [0.1, 0.15) is 24.8 Å². The lowest BCUT2D eigenvalue weighted by Gasteiger charge is -2.32. The van der Waals surface area contributed by atoms with Gasteiger partial charge >= 0.3 is 6.03 Å². The summed E-state index contributed by atoms with van der Waals surface area (Å²) in [6, 6.07) is 9.96. The highest BCUT2D eigenvalue weighted by Gasteiger charge is 2.22. The van der Waals surface area contributed by atoms with E-state index in [2.05, 4.69) is 10.3 Å². The van der Waals surface area contributed by atoms with Gasteiger partial charge < -0.3 is 15.0 Å². The van der Waals surface area contributed by atoms with E-state index >= 15 is 0 Å². The number of halogens is 1. The molecule has 1 saturated heterocycles. The van der Waals surface area contributed by atoms with E-state index in [0.717, 1.165) is 43.7 Å². The Morgan fingerprint density at radius 3 is 2.85 bits per heavy atom. The number of benzene rings is 1. The van der Waals surface area contributed by atoms with E-state index in [1.165, 1.54) is 12.1 Å². The molecule has 2 heterocycles. The molecule has 0 atom stereocenters. The van der Waals surface area contributed by atoms with Crippen molar-refractivity contribution in [1.29, 1.82) is 0 Å². The SMILES string of the molecule is O=C(NCc1cccc(F)c1)N1CCC(CCOc2cccnc2)CC1. The van der Waals surface area contributed by atoms with Crippen molar-refractivity contribution < 1.29 is 13.9 Å². The van der Waals surface area contributed by atoms with Crippen LogP contribution in [-0.2, 0) is 6.54 Å². The Kier molecular flexibility index (Phi) is 6.41. The molecular weight excluding hydrogens is 333 g/mol. The summed E-state index contributed by atoms with van der Waals surface area (Å²) in [6.07, 6.45) is 6.37. The first-order chi connectivity index (χ1) is 12.7. The molecule has 1 aliphatic heterocycles. The normalized spacial score (nSPS) is 14.9. The monoisotopic (exact) mass is 357 g/mol. The number of nitrogens with zero attached hydrogens (tertiary/aromatic N) is 2. The number of nitrogens with one attached hydrogen (secondary N) is 1. The van der Waals surface area contributed by atoms with Crippen LogP contribution in [0.3, 0.4) is 0 Å². The Labute approximate surface area is 153 Å². The Bertz CT molecular complexity index is 703. The number of carbonyl (C=O) groups is 1. The van der Waals surface area contributed by atoms with Crippen LogP contribution in [0.15, 0.2) is 48.8 Å². The summed E-state index contributed by atoms with van der Waals surface area (Å²) in [5, 5.41) is 2.86. The zero-order valence-corrected chi connectivity index (χ0v) is 14.7. The van der Waals surface area contributed by atoms with Crippen molar-refractivity contribution in [3.63, 3.8) is 0 Å². The number of rotatable bonds is 6. The van der Waals surface area contributed by atoms with Gasteiger partial charge in [-0.2, -0.15) is 0 Å². The summed E-state index contributed by atoms with van der Waals surface area (Å²) >= 11 is 0. The topological polar surface area (TPSA) is 54.5 Å². The Morgan fingerprint density at radius 1 is 1.27 bits per heavy atom. The second-order valence-electron chi connectivity index (χ2n) is 6.54. The lowest BCUT2D eigenvalue weighted by molar-refractivity contribution is 0.160. The fourth-order valence-electron chi connectivity index (χ4n) is 3.14. The summed E-state index contributed by atoms with van der Waals surface area (Å²) in [7, 11) is 0. The Balaban J connectivity index is 1.34. The van der Waals surface area contributed by atoms with Gasteiger partial charge in [-0.15, -0.1) is 0 Å². The molecule has 0 radical (unpaired) electrons. The summed E-state index contributed by atoms with van der Waals surface area (Å²) in [4.78, 5) is 18.1. The quantitative estimate of drug-likeness (QED) is 0.859. The number of hydrogen-bond acceptors (Lipinski definition) is 3. The summed E-state index contributed by atoms with van der Waals surface area (Å²) in [5.74, 6) is 1.08. The molecule has 2 amide bonds. The van der Waals surface area contributed by atoms with Crippen LogP contribution >= 0.6 is 0 Å². The minimum atomic E-state index is -0.286. The molecule has 1 N–H and O–H groups in total. The standard InChI is InChI=1S/C20H24FN3O2/c21-18-4-1-3-17(13-18)14-23-20(25)24-10-6-16(7-11-24)8-12-26-19-5-2-9-22-15-19/h1-5,9,13,15-16H,6-8,10-12,14H2,(H,23,25). The molecule has 26 heavy (non-hydrogen) atoms. The third-order valence-electron chi connectivity index (χ3n) is 4.66. The summed E-state index contributed by atoms with van der Waals surface area (Å²) < 4.78 is 18.9. The van der Waals surface area contributed by atoms with Crippen LogP contribution in [-0.4, -0.2) is 35.6 Å². The molecule has 0 spiro atoms. The third kappa shape index (κ3) is 5.44. The largest absolute Gasteiger partial charge is 0.492 e. The van der Waals surface area contributed by atoms with E-state index in [9.17, 15) is 9.18 Å². The van der Waals surface area contributed by atoms with Crippen LogP contribution in [0.2, 0.25) is 0 Å². The first-order valence-corrected chi connectivity index (χ1v) is 9.01. The number of urea groups is 1. The molecule has 2 aromatic rings. The molecule has 0 bridgehead atoms. The number of piperidine rings is 1. The number of ether oxygens (including phenoxy) is 1. The molecule has 1 aromatic heterocycles. The lowest BCUT2D eigenvalue weighted by atomic mass is 9.94. The molecular formula is C20H24FN3O2. The number of pyridine rings is 1. The van der Waals surface area contributed by atoms with E-state index in [1.54, 1.807) is 24.5 Å². The van der Waals surface area contributed by atoms with Crippen molar-refractivity contribution in [3.8, 4) is 5.75 Å². The number of carbonyl (C=O) groups excluding carboxylic acids is 1. The van der Waals surface area contributed by atoms with Crippen molar-refractivity contribution in [2.75, 3.05) is 19.7 Å². The van der Waals surface area contributed by atoms with Gasteiger partial charge in [0.05, 0.1) is 12.8 Å². The van der Waals surface area contributed by atoms with Gasteiger partial charge in [0.2, 0.25) is 0 Å².